The second-order valence-electron chi connectivity index (χ2n) is 18.9. The van der Waals surface area contributed by atoms with Crippen molar-refractivity contribution in [2.45, 2.75) is 49.7 Å². The van der Waals surface area contributed by atoms with Crippen LogP contribution in [-0.4, -0.2) is 153 Å². The van der Waals surface area contributed by atoms with Crippen LogP contribution < -0.4 is 19.3 Å². The van der Waals surface area contributed by atoms with Crippen LogP contribution in [0.15, 0.2) is 85.5 Å². The van der Waals surface area contributed by atoms with Crippen LogP contribution in [0.1, 0.15) is 81.6 Å². The number of amides is 2. The van der Waals surface area contributed by atoms with Crippen molar-refractivity contribution in [1.29, 1.82) is 0 Å². The first-order valence-electron chi connectivity index (χ1n) is 25.5. The van der Waals surface area contributed by atoms with Gasteiger partial charge in [-0.05, 0) is 54.9 Å². The average molecular weight is 1290 g/mol. The van der Waals surface area contributed by atoms with Crippen molar-refractivity contribution >= 4 is 64.6 Å². The zero-order chi connectivity index (χ0) is 64.8. The molecule has 1 saturated heterocycles. The standard InChI is InChI=1S/C30H29ClF6N4O6.C26H22ClF4N3O7/c1-45-14-19(15-46-2)41(27(42)23-5-4-18(31)12-38-23)24-10-22(32)25(9-20(24)28(43)44)47-26-21(30(35,36)37)8-17(11-39-26)13-40-7-3-6-29(33,34)16-40;1-38-12-16(13-39-2)34(24(36)20-5-4-15(27)10-32-20)21-8-19(28)22(7-17(21)25(37)40-3)41-23-18(26(29,30)31)6-14(11-35)9-33-23/h4-5,8-12,19H,3,6-7,13-16H2,1-2H3,(H,43,44);4-11,16H,12-13H2,1-3H3. The number of hydrogen-bond acceptors (Lipinski definition) is 17. The van der Waals surface area contributed by atoms with Gasteiger partial charge in [0.15, 0.2) is 29.4 Å². The van der Waals surface area contributed by atoms with Crippen LogP contribution >= 0.6 is 23.2 Å². The number of ether oxygens (including phenoxy) is 7. The lowest BCUT2D eigenvalue weighted by molar-refractivity contribution is -0.139. The number of anilines is 2. The van der Waals surface area contributed by atoms with E-state index in [1.807, 2.05) is 0 Å². The highest BCUT2D eigenvalue weighted by molar-refractivity contribution is 6.30. The Morgan fingerprint density at radius 2 is 1.11 bits per heavy atom. The van der Waals surface area contributed by atoms with Crippen LogP contribution in [0.4, 0.5) is 55.3 Å². The Balaban J connectivity index is 0.000000284. The molecular weight excluding hydrogens is 1240 g/mol. The summed E-state index contributed by atoms with van der Waals surface area (Å²) in [6.07, 6.45) is -5.97. The number of carbonyl (C=O) groups is 5. The molecule has 1 N–H and O–H groups in total. The minimum atomic E-state index is -5.07. The van der Waals surface area contributed by atoms with Crippen LogP contribution in [0.2, 0.25) is 10.0 Å². The molecule has 20 nitrogen and oxygen atoms in total. The van der Waals surface area contributed by atoms with Gasteiger partial charge in [-0.25, -0.2) is 47.1 Å². The van der Waals surface area contributed by atoms with E-state index in [9.17, 15) is 64.2 Å². The summed E-state index contributed by atoms with van der Waals surface area (Å²) in [7, 11) is 6.29. The molecule has 1 aliphatic heterocycles. The van der Waals surface area contributed by atoms with E-state index in [1.165, 1.54) is 70.0 Å². The topological polar surface area (TPSA) is 231 Å². The molecule has 472 valence electrons. The van der Waals surface area contributed by atoms with Gasteiger partial charge < -0.3 is 38.3 Å². The number of aldehydes is 1. The summed E-state index contributed by atoms with van der Waals surface area (Å²) < 4.78 is 178. The second-order valence-corrected chi connectivity index (χ2v) is 19.8. The fourth-order valence-electron chi connectivity index (χ4n) is 8.78. The Hall–Kier alpha value is -8.13. The number of benzene rings is 2. The molecule has 1 fully saturated rings. The summed E-state index contributed by atoms with van der Waals surface area (Å²) >= 11 is 11.8. The number of carboxylic acids is 1. The number of piperidine rings is 1. The summed E-state index contributed by atoms with van der Waals surface area (Å²) in [4.78, 5) is 81.8. The van der Waals surface area contributed by atoms with Crippen molar-refractivity contribution < 1.29 is 106 Å². The van der Waals surface area contributed by atoms with E-state index in [0.29, 0.717) is 30.3 Å². The lowest BCUT2D eigenvalue weighted by atomic mass is 10.1. The number of nitrogens with zero attached hydrogens (tertiary/aromatic N) is 7. The fraction of sp³-hybridized carbons (Fsp3) is 0.339. The number of halogens is 12. The number of hydrogen-bond donors (Lipinski definition) is 1. The van der Waals surface area contributed by atoms with Crippen LogP contribution in [0.5, 0.6) is 23.3 Å². The molecule has 2 amide bonds. The van der Waals surface area contributed by atoms with Gasteiger partial charge in [-0.15, -0.1) is 0 Å². The number of pyridine rings is 4. The van der Waals surface area contributed by atoms with E-state index in [2.05, 4.69) is 19.9 Å². The number of esters is 1. The molecule has 0 unspecified atom stereocenters. The maximum Gasteiger partial charge on any atom is 0.421 e. The normalized spacial score (nSPS) is 13.4. The van der Waals surface area contributed by atoms with Crippen LogP contribution in [0.25, 0.3) is 0 Å². The molecule has 1 aliphatic rings. The quantitative estimate of drug-likeness (QED) is 0.0357. The summed E-state index contributed by atoms with van der Waals surface area (Å²) in [5.41, 5.74) is -5.71. The number of carbonyl (C=O) groups excluding carboxylic acids is 4. The van der Waals surface area contributed by atoms with E-state index in [4.69, 9.17) is 56.4 Å². The minimum Gasteiger partial charge on any atom is -0.478 e. The lowest BCUT2D eigenvalue weighted by Gasteiger charge is -2.32. The number of alkyl halides is 8. The molecule has 0 spiro atoms. The van der Waals surface area contributed by atoms with Gasteiger partial charge in [-0.3, -0.25) is 29.1 Å². The number of rotatable bonds is 23. The number of aromatic carboxylic acids is 1. The molecule has 88 heavy (non-hydrogen) atoms. The third-order valence-electron chi connectivity index (χ3n) is 12.6. The number of likely N-dealkylation sites (tertiary alicyclic amines) is 1. The van der Waals surface area contributed by atoms with Crippen molar-refractivity contribution in [2.24, 2.45) is 0 Å². The van der Waals surface area contributed by atoms with Gasteiger partial charge in [0.05, 0.1) is 84.7 Å². The highest BCUT2D eigenvalue weighted by atomic mass is 35.5. The minimum absolute atomic E-state index is 0.0447. The van der Waals surface area contributed by atoms with Crippen molar-refractivity contribution in [3.05, 3.63) is 152 Å². The molecule has 7 rings (SSSR count). The molecule has 5 heterocycles. The van der Waals surface area contributed by atoms with Gasteiger partial charge in [0.25, 0.3) is 17.7 Å². The predicted molar refractivity (Wildman–Crippen MR) is 292 cm³/mol. The molecule has 0 bridgehead atoms. The Morgan fingerprint density at radius 3 is 1.52 bits per heavy atom. The van der Waals surface area contributed by atoms with Gasteiger partial charge in [-0.2, -0.15) is 26.3 Å². The maximum absolute atomic E-state index is 15.6. The first kappa shape index (κ1) is 69.0. The first-order valence-corrected chi connectivity index (χ1v) is 26.2. The maximum atomic E-state index is 15.6. The van der Waals surface area contributed by atoms with Crippen molar-refractivity contribution in [1.82, 2.24) is 24.8 Å². The van der Waals surface area contributed by atoms with Gasteiger partial charge in [-0.1, -0.05) is 23.2 Å². The summed E-state index contributed by atoms with van der Waals surface area (Å²) in [5.74, 6) is -14.0. The smallest absolute Gasteiger partial charge is 0.421 e. The number of methoxy groups -OCH3 is 5. The Labute approximate surface area is 503 Å². The largest absolute Gasteiger partial charge is 0.478 e. The molecule has 4 aromatic heterocycles. The molecule has 0 aliphatic carbocycles. The molecule has 0 atom stereocenters. The molecular formula is C56H51Cl2F10N7O13. The molecule has 0 saturated carbocycles. The molecule has 2 aromatic carbocycles. The van der Waals surface area contributed by atoms with Crippen LogP contribution in [0, 0.1) is 11.6 Å². The summed E-state index contributed by atoms with van der Waals surface area (Å²) in [5, 5.41) is 10.5. The third kappa shape index (κ3) is 17.6. The van der Waals surface area contributed by atoms with Crippen LogP contribution in [0.3, 0.4) is 0 Å². The monoisotopic (exact) mass is 1290 g/mol. The summed E-state index contributed by atoms with van der Waals surface area (Å²) in [6.45, 7) is -1.34. The van der Waals surface area contributed by atoms with Gasteiger partial charge in [0, 0.05) is 96.0 Å². The average Bonchev–Trinajstić information content (AvgIpc) is 3.32. The summed E-state index contributed by atoms with van der Waals surface area (Å²) in [6, 6.07) is 7.16. The predicted octanol–water partition coefficient (Wildman–Crippen LogP) is 11.3. The SMILES string of the molecule is COCC(COC)N(C(=O)c1ccc(Cl)cn1)c1cc(F)c(Oc2ncc(C=O)cc2C(F)(F)F)cc1C(=O)OC.COCC(COC)N(C(=O)c1ccc(Cl)cn1)c1cc(F)c(Oc2ncc(CN3CCCC(F)(F)C3)cc2C(F)(F)F)cc1C(=O)O. The highest BCUT2D eigenvalue weighted by Crippen LogP contribution is 2.42. The Bertz CT molecular complexity index is 3450. The van der Waals surface area contributed by atoms with E-state index >= 15 is 8.78 Å². The zero-order valence-electron chi connectivity index (χ0n) is 46.7. The molecule has 6 aromatic rings. The molecule has 0 radical (unpaired) electrons. The van der Waals surface area contributed by atoms with Crippen molar-refractivity contribution in [3.8, 4) is 23.3 Å². The molecule has 32 heteroatoms. The Morgan fingerprint density at radius 1 is 0.659 bits per heavy atom. The van der Waals surface area contributed by atoms with Crippen molar-refractivity contribution in [2.75, 3.05) is 84.9 Å². The Kier molecular flexibility index (Phi) is 23.7. The highest BCUT2D eigenvalue weighted by Gasteiger charge is 2.41. The van der Waals surface area contributed by atoms with Crippen LogP contribution in [-0.2, 0) is 42.6 Å². The van der Waals surface area contributed by atoms with E-state index in [-0.39, 0.29) is 91.3 Å². The third-order valence-corrected chi connectivity index (χ3v) is 13.0. The number of aromatic nitrogens is 4. The second kappa shape index (κ2) is 30.2. The number of carboxylic acid groups (broad SMARTS) is 1. The lowest BCUT2D eigenvalue weighted by Crippen LogP contribution is -2.47. The van der Waals surface area contributed by atoms with E-state index in [0.717, 1.165) is 35.4 Å². The van der Waals surface area contributed by atoms with E-state index in [1.54, 1.807) is 0 Å². The van der Waals surface area contributed by atoms with Crippen molar-refractivity contribution in [3.63, 3.8) is 0 Å². The first-order chi connectivity index (χ1) is 41.6. The van der Waals surface area contributed by atoms with E-state index < -0.39 is 129 Å². The zero-order valence-corrected chi connectivity index (χ0v) is 48.2. The fourth-order valence-corrected chi connectivity index (χ4v) is 9.00. The van der Waals surface area contributed by atoms with Gasteiger partial charge >= 0.3 is 24.3 Å². The van der Waals surface area contributed by atoms with Gasteiger partial charge in [0.1, 0.15) is 22.5 Å². The van der Waals surface area contributed by atoms with Gasteiger partial charge in [0.2, 0.25) is 11.8 Å².